The first-order valence-electron chi connectivity index (χ1n) is 7.82. The van der Waals surface area contributed by atoms with Crippen molar-refractivity contribution in [2.24, 2.45) is 17.3 Å². The standard InChI is InChI=1S/C16H34N2/c1-14(2)11-17-12-16(4,5)13-18-9-6-7-15(3)8-10-18/h14-15,17H,6-13H2,1-5H3. The van der Waals surface area contributed by atoms with Crippen LogP contribution in [0.2, 0.25) is 0 Å². The first-order valence-corrected chi connectivity index (χ1v) is 7.82. The lowest BCUT2D eigenvalue weighted by Crippen LogP contribution is -2.41. The average molecular weight is 254 g/mol. The van der Waals surface area contributed by atoms with Gasteiger partial charge in [-0.15, -0.1) is 0 Å². The molecule has 0 aromatic heterocycles. The van der Waals surface area contributed by atoms with Crippen molar-refractivity contribution in [3.63, 3.8) is 0 Å². The van der Waals surface area contributed by atoms with Gasteiger partial charge in [0.1, 0.15) is 0 Å². The van der Waals surface area contributed by atoms with E-state index in [9.17, 15) is 0 Å². The second-order valence-electron chi connectivity index (χ2n) is 7.50. The SMILES string of the molecule is CC(C)CNCC(C)(C)CN1CCCC(C)CC1. The van der Waals surface area contributed by atoms with Crippen molar-refractivity contribution in [2.75, 3.05) is 32.7 Å². The molecule has 2 nitrogen and oxygen atoms in total. The first-order chi connectivity index (χ1) is 8.39. The third kappa shape index (κ3) is 6.75. The molecule has 1 N–H and O–H groups in total. The van der Waals surface area contributed by atoms with E-state index in [0.717, 1.165) is 24.9 Å². The van der Waals surface area contributed by atoms with E-state index in [1.807, 2.05) is 0 Å². The van der Waals surface area contributed by atoms with Gasteiger partial charge in [-0.25, -0.2) is 0 Å². The predicted octanol–water partition coefficient (Wildman–Crippen LogP) is 3.38. The smallest absolute Gasteiger partial charge is 0.00448 e. The van der Waals surface area contributed by atoms with Crippen LogP contribution >= 0.6 is 0 Å². The molecule has 1 rings (SSSR count). The quantitative estimate of drug-likeness (QED) is 0.782. The molecule has 0 aliphatic carbocycles. The zero-order valence-electron chi connectivity index (χ0n) is 13.3. The number of nitrogens with zero attached hydrogens (tertiary/aromatic N) is 1. The van der Waals surface area contributed by atoms with Crippen LogP contribution in [-0.2, 0) is 0 Å². The van der Waals surface area contributed by atoms with Gasteiger partial charge in [0.05, 0.1) is 0 Å². The lowest BCUT2D eigenvalue weighted by Gasteiger charge is -2.32. The molecular formula is C16H34N2. The summed E-state index contributed by atoms with van der Waals surface area (Å²) < 4.78 is 0. The van der Waals surface area contributed by atoms with Gasteiger partial charge >= 0.3 is 0 Å². The van der Waals surface area contributed by atoms with Crippen molar-refractivity contribution in [1.82, 2.24) is 10.2 Å². The zero-order chi connectivity index (χ0) is 13.6. The molecule has 0 spiro atoms. The first kappa shape index (κ1) is 16.0. The second kappa shape index (κ2) is 7.49. The van der Waals surface area contributed by atoms with E-state index < -0.39 is 0 Å². The maximum Gasteiger partial charge on any atom is 0.00448 e. The highest BCUT2D eigenvalue weighted by atomic mass is 15.1. The van der Waals surface area contributed by atoms with Crippen LogP contribution in [0.4, 0.5) is 0 Å². The summed E-state index contributed by atoms with van der Waals surface area (Å²) in [5.41, 5.74) is 0.391. The molecule has 1 saturated heterocycles. The highest BCUT2D eigenvalue weighted by molar-refractivity contribution is 4.78. The molecule has 18 heavy (non-hydrogen) atoms. The molecule has 0 radical (unpaired) electrons. The van der Waals surface area contributed by atoms with Gasteiger partial charge in [-0.05, 0) is 56.1 Å². The van der Waals surface area contributed by atoms with E-state index in [-0.39, 0.29) is 0 Å². The van der Waals surface area contributed by atoms with Crippen LogP contribution in [0.25, 0.3) is 0 Å². The maximum absolute atomic E-state index is 3.61. The summed E-state index contributed by atoms with van der Waals surface area (Å²) in [6.45, 7) is 17.9. The number of hydrogen-bond donors (Lipinski definition) is 1. The molecule has 1 aliphatic heterocycles. The van der Waals surface area contributed by atoms with Crippen LogP contribution < -0.4 is 5.32 Å². The molecule has 108 valence electrons. The Labute approximate surface area is 115 Å². The van der Waals surface area contributed by atoms with Crippen molar-refractivity contribution < 1.29 is 0 Å². The number of rotatable bonds is 6. The third-order valence-corrected chi connectivity index (χ3v) is 3.92. The van der Waals surface area contributed by atoms with E-state index in [1.165, 1.54) is 38.9 Å². The van der Waals surface area contributed by atoms with Gasteiger partial charge in [0.15, 0.2) is 0 Å². The van der Waals surface area contributed by atoms with E-state index >= 15 is 0 Å². The molecule has 1 fully saturated rings. The molecule has 0 saturated carbocycles. The second-order valence-corrected chi connectivity index (χ2v) is 7.50. The summed E-state index contributed by atoms with van der Waals surface area (Å²) in [6.07, 6.45) is 4.19. The van der Waals surface area contributed by atoms with Crippen LogP contribution in [-0.4, -0.2) is 37.6 Å². The Balaban J connectivity index is 2.29. The van der Waals surface area contributed by atoms with Gasteiger partial charge in [0, 0.05) is 13.1 Å². The summed E-state index contributed by atoms with van der Waals surface area (Å²) in [6, 6.07) is 0. The Kier molecular flexibility index (Phi) is 6.65. The Morgan fingerprint density at radius 3 is 2.61 bits per heavy atom. The third-order valence-electron chi connectivity index (χ3n) is 3.92. The predicted molar refractivity (Wildman–Crippen MR) is 80.9 cm³/mol. The molecule has 2 heteroatoms. The molecule has 0 aromatic rings. The summed E-state index contributed by atoms with van der Waals surface area (Å²) in [5.74, 6) is 1.68. The topological polar surface area (TPSA) is 15.3 Å². The minimum atomic E-state index is 0.391. The Morgan fingerprint density at radius 1 is 1.22 bits per heavy atom. The average Bonchev–Trinajstić information content (AvgIpc) is 2.42. The highest BCUT2D eigenvalue weighted by Crippen LogP contribution is 2.21. The van der Waals surface area contributed by atoms with Crippen LogP contribution in [0.15, 0.2) is 0 Å². The molecule has 0 amide bonds. The van der Waals surface area contributed by atoms with Crippen molar-refractivity contribution in [2.45, 2.75) is 53.9 Å². The van der Waals surface area contributed by atoms with E-state index in [4.69, 9.17) is 0 Å². The van der Waals surface area contributed by atoms with Crippen molar-refractivity contribution in [1.29, 1.82) is 0 Å². The van der Waals surface area contributed by atoms with Gasteiger partial charge in [-0.3, -0.25) is 0 Å². The van der Waals surface area contributed by atoms with Crippen LogP contribution in [0.1, 0.15) is 53.9 Å². The summed E-state index contributed by atoms with van der Waals surface area (Å²) >= 11 is 0. The molecule has 1 heterocycles. The lowest BCUT2D eigenvalue weighted by molar-refractivity contribution is 0.177. The molecular weight excluding hydrogens is 220 g/mol. The van der Waals surface area contributed by atoms with E-state index in [0.29, 0.717) is 5.41 Å². The molecule has 1 unspecified atom stereocenters. The van der Waals surface area contributed by atoms with Crippen LogP contribution in [0, 0.1) is 17.3 Å². The minimum Gasteiger partial charge on any atom is -0.316 e. The highest BCUT2D eigenvalue weighted by Gasteiger charge is 2.23. The molecule has 1 atom stereocenters. The minimum absolute atomic E-state index is 0.391. The fourth-order valence-corrected chi connectivity index (χ4v) is 2.84. The van der Waals surface area contributed by atoms with Crippen molar-refractivity contribution >= 4 is 0 Å². The zero-order valence-corrected chi connectivity index (χ0v) is 13.3. The molecule has 0 aromatic carbocycles. The van der Waals surface area contributed by atoms with E-state index in [1.54, 1.807) is 0 Å². The van der Waals surface area contributed by atoms with Gasteiger partial charge in [-0.1, -0.05) is 34.6 Å². The van der Waals surface area contributed by atoms with Crippen LogP contribution in [0.3, 0.4) is 0 Å². The molecule has 0 bridgehead atoms. The fourth-order valence-electron chi connectivity index (χ4n) is 2.84. The summed E-state index contributed by atoms with van der Waals surface area (Å²) in [4.78, 5) is 2.68. The van der Waals surface area contributed by atoms with Crippen molar-refractivity contribution in [3.8, 4) is 0 Å². The van der Waals surface area contributed by atoms with Gasteiger partial charge in [0.2, 0.25) is 0 Å². The lowest BCUT2D eigenvalue weighted by atomic mass is 9.92. The number of nitrogens with one attached hydrogen (secondary N) is 1. The maximum atomic E-state index is 3.61. The monoisotopic (exact) mass is 254 g/mol. The molecule has 1 aliphatic rings. The largest absolute Gasteiger partial charge is 0.316 e. The van der Waals surface area contributed by atoms with E-state index in [2.05, 4.69) is 44.8 Å². The summed E-state index contributed by atoms with van der Waals surface area (Å²) in [7, 11) is 0. The number of likely N-dealkylation sites (tertiary alicyclic amines) is 1. The van der Waals surface area contributed by atoms with Gasteiger partial charge in [-0.2, -0.15) is 0 Å². The van der Waals surface area contributed by atoms with Gasteiger partial charge in [0.25, 0.3) is 0 Å². The normalized spacial score (nSPS) is 23.3. The Hall–Kier alpha value is -0.0800. The Bertz CT molecular complexity index is 223. The van der Waals surface area contributed by atoms with Gasteiger partial charge < -0.3 is 10.2 Å². The Morgan fingerprint density at radius 2 is 1.94 bits per heavy atom. The summed E-state index contributed by atoms with van der Waals surface area (Å²) in [5, 5.41) is 3.61. The van der Waals surface area contributed by atoms with Crippen molar-refractivity contribution in [3.05, 3.63) is 0 Å². The number of hydrogen-bond acceptors (Lipinski definition) is 2. The van der Waals surface area contributed by atoms with Crippen LogP contribution in [0.5, 0.6) is 0 Å². The fraction of sp³-hybridized carbons (Fsp3) is 1.00.